The van der Waals surface area contributed by atoms with Gasteiger partial charge in [0.15, 0.2) is 5.17 Å². The van der Waals surface area contributed by atoms with Gasteiger partial charge in [-0.15, -0.1) is 0 Å². The van der Waals surface area contributed by atoms with Crippen molar-refractivity contribution < 1.29 is 19.4 Å². The number of hydrogen-bond acceptors (Lipinski definition) is 5. The van der Waals surface area contributed by atoms with E-state index in [4.69, 9.17) is 14.8 Å². The lowest BCUT2D eigenvalue weighted by Crippen LogP contribution is -2.33. The zero-order valence-electron chi connectivity index (χ0n) is 14.2. The van der Waals surface area contributed by atoms with E-state index in [9.17, 15) is 9.59 Å². The number of amides is 1. The Morgan fingerprint density at radius 3 is 2.56 bits per heavy atom. The molecule has 6 nitrogen and oxygen atoms in total. The molecular weight excluding hydrogens is 340 g/mol. The average Bonchev–Trinajstić information content (AvgIpc) is 2.90. The molecule has 1 saturated heterocycles. The quantitative estimate of drug-likeness (QED) is 0.869. The number of amidine groups is 1. The fourth-order valence-corrected chi connectivity index (χ4v) is 4.38. The highest BCUT2D eigenvalue weighted by atomic mass is 32.2. The maximum atomic E-state index is 12.8. The number of aliphatic imine (C=N–C) groups is 1. The van der Waals surface area contributed by atoms with E-state index in [1.165, 1.54) is 18.2 Å². The second-order valence-electron chi connectivity index (χ2n) is 6.28. The van der Waals surface area contributed by atoms with Crippen LogP contribution in [0.25, 0.3) is 0 Å². The third kappa shape index (κ3) is 4.15. The molecular formula is C18H22N2O4S. The molecule has 1 amide bonds. The Morgan fingerprint density at radius 2 is 1.96 bits per heavy atom. The van der Waals surface area contributed by atoms with Crippen molar-refractivity contribution in [2.24, 2.45) is 4.99 Å². The number of carbonyl (C=O) groups excluding carboxylic acids is 1. The number of carbonyl (C=O) groups is 2. The third-order valence-electron chi connectivity index (χ3n) is 4.49. The van der Waals surface area contributed by atoms with E-state index in [0.717, 1.165) is 25.7 Å². The summed E-state index contributed by atoms with van der Waals surface area (Å²) in [7, 11) is 1.59. The fraction of sp³-hybridized carbons (Fsp3) is 0.500. The maximum Gasteiger partial charge on any atom is 0.305 e. The number of anilines is 1. The number of nitrogens with zero attached hydrogens (tertiary/aromatic N) is 2. The third-order valence-corrected chi connectivity index (χ3v) is 5.64. The van der Waals surface area contributed by atoms with Gasteiger partial charge in [0.25, 0.3) is 0 Å². The zero-order valence-corrected chi connectivity index (χ0v) is 15.0. The maximum absolute atomic E-state index is 12.8. The first-order valence-electron chi connectivity index (χ1n) is 8.53. The minimum Gasteiger partial charge on any atom is -0.497 e. The lowest BCUT2D eigenvalue weighted by atomic mass is 9.96. The van der Waals surface area contributed by atoms with Crippen LogP contribution in [0.4, 0.5) is 5.69 Å². The monoisotopic (exact) mass is 362 g/mol. The van der Waals surface area contributed by atoms with E-state index in [1.54, 1.807) is 36.3 Å². The minimum atomic E-state index is -0.973. The van der Waals surface area contributed by atoms with E-state index in [-0.39, 0.29) is 18.4 Å². The van der Waals surface area contributed by atoms with E-state index in [1.807, 2.05) is 0 Å². The number of hydrogen-bond donors (Lipinski definition) is 1. The van der Waals surface area contributed by atoms with Crippen LogP contribution in [0.15, 0.2) is 29.3 Å². The number of benzene rings is 1. The molecule has 0 radical (unpaired) electrons. The van der Waals surface area contributed by atoms with Crippen molar-refractivity contribution in [3.63, 3.8) is 0 Å². The minimum absolute atomic E-state index is 0.195. The number of methoxy groups -OCH3 is 1. The van der Waals surface area contributed by atoms with Gasteiger partial charge in [0.05, 0.1) is 25.3 Å². The van der Waals surface area contributed by atoms with Gasteiger partial charge in [-0.1, -0.05) is 31.0 Å². The summed E-state index contributed by atoms with van der Waals surface area (Å²) in [6.45, 7) is 0. The predicted molar refractivity (Wildman–Crippen MR) is 98.4 cm³/mol. The molecule has 1 aromatic rings. The summed E-state index contributed by atoms with van der Waals surface area (Å²) >= 11 is 1.27. The fourth-order valence-electron chi connectivity index (χ4n) is 3.18. The standard InChI is InChI=1S/C18H22N2O4S/c1-24-14-9-7-13(8-10-14)20-17(23)15(11-16(21)22)25-18(20)19-12-5-3-2-4-6-12/h7-10,12,15H,2-6,11H2,1H3,(H,21,22)/t15-/m1/s1. The number of carboxylic acid groups (broad SMARTS) is 1. The lowest BCUT2D eigenvalue weighted by Gasteiger charge is -2.21. The van der Waals surface area contributed by atoms with Crippen LogP contribution in [-0.2, 0) is 9.59 Å². The molecule has 2 fully saturated rings. The number of rotatable bonds is 5. The van der Waals surface area contributed by atoms with Gasteiger partial charge in [0.2, 0.25) is 5.91 Å². The van der Waals surface area contributed by atoms with Crippen LogP contribution in [0.5, 0.6) is 5.75 Å². The normalized spacial score (nSPS) is 23.2. The van der Waals surface area contributed by atoms with Crippen molar-refractivity contribution in [3.8, 4) is 5.75 Å². The topological polar surface area (TPSA) is 79.2 Å². The lowest BCUT2D eigenvalue weighted by molar-refractivity contribution is -0.138. The highest BCUT2D eigenvalue weighted by Gasteiger charge is 2.40. The van der Waals surface area contributed by atoms with Crippen LogP contribution in [0.2, 0.25) is 0 Å². The SMILES string of the molecule is COc1ccc(N2C(=O)[C@@H](CC(=O)O)SC2=NC2CCCCC2)cc1. The summed E-state index contributed by atoms with van der Waals surface area (Å²) < 4.78 is 5.16. The summed E-state index contributed by atoms with van der Waals surface area (Å²) in [5, 5.41) is 9.08. The summed E-state index contributed by atoms with van der Waals surface area (Å²) in [6, 6.07) is 7.40. The number of thioether (sulfide) groups is 1. The molecule has 1 aliphatic carbocycles. The van der Waals surface area contributed by atoms with Crippen LogP contribution in [-0.4, -0.2) is 40.6 Å². The number of aliphatic carboxylic acids is 1. The summed E-state index contributed by atoms with van der Waals surface area (Å²) in [6.07, 6.45) is 5.40. The second kappa shape index (κ2) is 7.91. The van der Waals surface area contributed by atoms with Crippen LogP contribution in [0, 0.1) is 0 Å². The van der Waals surface area contributed by atoms with Crippen molar-refractivity contribution in [1.82, 2.24) is 0 Å². The van der Waals surface area contributed by atoms with Gasteiger partial charge in [-0.3, -0.25) is 19.5 Å². The molecule has 7 heteroatoms. The molecule has 0 unspecified atom stereocenters. The van der Waals surface area contributed by atoms with Gasteiger partial charge in [0, 0.05) is 0 Å². The van der Waals surface area contributed by atoms with Crippen molar-refractivity contribution >= 4 is 34.5 Å². The van der Waals surface area contributed by atoms with Gasteiger partial charge in [-0.2, -0.15) is 0 Å². The zero-order chi connectivity index (χ0) is 17.8. The highest BCUT2D eigenvalue weighted by molar-refractivity contribution is 8.16. The van der Waals surface area contributed by atoms with Crippen molar-refractivity contribution in [2.75, 3.05) is 12.0 Å². The molecule has 0 spiro atoms. The second-order valence-corrected chi connectivity index (χ2v) is 7.45. The highest BCUT2D eigenvalue weighted by Crippen LogP contribution is 2.35. The first-order valence-corrected chi connectivity index (χ1v) is 9.40. The Balaban J connectivity index is 1.89. The van der Waals surface area contributed by atoms with Gasteiger partial charge >= 0.3 is 5.97 Å². The summed E-state index contributed by atoms with van der Waals surface area (Å²) in [5.74, 6) is -0.484. The van der Waals surface area contributed by atoms with Crippen molar-refractivity contribution in [3.05, 3.63) is 24.3 Å². The number of carboxylic acids is 1. The molecule has 2 aliphatic rings. The molecule has 134 valence electrons. The van der Waals surface area contributed by atoms with E-state index in [0.29, 0.717) is 16.6 Å². The van der Waals surface area contributed by atoms with E-state index < -0.39 is 11.2 Å². The molecule has 1 heterocycles. The average molecular weight is 362 g/mol. The van der Waals surface area contributed by atoms with Gasteiger partial charge in [-0.25, -0.2) is 0 Å². The molecule has 3 rings (SSSR count). The first-order chi connectivity index (χ1) is 12.1. The smallest absolute Gasteiger partial charge is 0.305 e. The van der Waals surface area contributed by atoms with Crippen LogP contribution < -0.4 is 9.64 Å². The Morgan fingerprint density at radius 1 is 1.28 bits per heavy atom. The largest absolute Gasteiger partial charge is 0.497 e. The van der Waals surface area contributed by atoms with E-state index in [2.05, 4.69) is 0 Å². The first kappa shape index (κ1) is 17.8. The molecule has 25 heavy (non-hydrogen) atoms. The Kier molecular flexibility index (Phi) is 5.63. The molecule has 1 aromatic carbocycles. The summed E-state index contributed by atoms with van der Waals surface area (Å²) in [4.78, 5) is 30.2. The van der Waals surface area contributed by atoms with E-state index >= 15 is 0 Å². The van der Waals surface area contributed by atoms with Crippen molar-refractivity contribution in [2.45, 2.75) is 49.8 Å². The van der Waals surface area contributed by atoms with Gasteiger partial charge < -0.3 is 9.84 Å². The Bertz CT molecular complexity index is 668. The molecule has 1 aliphatic heterocycles. The summed E-state index contributed by atoms with van der Waals surface area (Å²) in [5.41, 5.74) is 0.695. The predicted octanol–water partition coefficient (Wildman–Crippen LogP) is 3.31. The molecule has 1 saturated carbocycles. The number of ether oxygens (including phenoxy) is 1. The Labute approximate surface area is 151 Å². The molecule has 1 N–H and O–H groups in total. The van der Waals surface area contributed by atoms with Crippen LogP contribution in [0.3, 0.4) is 0 Å². The van der Waals surface area contributed by atoms with Crippen molar-refractivity contribution in [1.29, 1.82) is 0 Å². The Hall–Kier alpha value is -2.02. The van der Waals surface area contributed by atoms with Gasteiger partial charge in [0.1, 0.15) is 11.0 Å². The van der Waals surface area contributed by atoms with Crippen LogP contribution >= 0.6 is 11.8 Å². The molecule has 0 aromatic heterocycles. The molecule has 1 atom stereocenters. The van der Waals surface area contributed by atoms with Gasteiger partial charge in [-0.05, 0) is 37.1 Å². The molecule has 0 bridgehead atoms. The van der Waals surface area contributed by atoms with Crippen LogP contribution in [0.1, 0.15) is 38.5 Å².